The van der Waals surface area contributed by atoms with Crippen LogP contribution in [0.25, 0.3) is 0 Å². The number of hydrogen-bond donors (Lipinski definition) is 1. The van der Waals surface area contributed by atoms with Crippen molar-refractivity contribution in [2.75, 3.05) is 31.9 Å². The third-order valence-corrected chi connectivity index (χ3v) is 6.31. The minimum Gasteiger partial charge on any atom is -0.338 e. The van der Waals surface area contributed by atoms with Gasteiger partial charge in [-0.2, -0.15) is 4.31 Å². The molecule has 0 aromatic rings. The molecule has 0 radical (unpaired) electrons. The van der Waals surface area contributed by atoms with Crippen LogP contribution in [-0.4, -0.2) is 67.5 Å². The lowest BCUT2D eigenvalue weighted by Crippen LogP contribution is -2.58. The minimum atomic E-state index is -3.31. The highest BCUT2D eigenvalue weighted by atomic mass is 35.5. The summed E-state index contributed by atoms with van der Waals surface area (Å²) in [6.07, 6.45) is 3.02. The van der Waals surface area contributed by atoms with Crippen molar-refractivity contribution in [1.29, 1.82) is 0 Å². The Kier molecular flexibility index (Phi) is 7.58. The molecule has 2 aliphatic heterocycles. The standard InChI is InChI=1S/C14H27N3O3S.ClH/c1-3-10-21(19,20)17-8-5-4-6-13(17)14(18)16-9-7-15-12(2)11-16;/h12-13,15H,3-11H2,1-2H3;1H. The first-order chi connectivity index (χ1) is 9.95. The SMILES string of the molecule is CCCS(=O)(=O)N1CCCCC1C(=O)N1CCNC(C)C1.Cl. The molecule has 0 aliphatic carbocycles. The number of amides is 1. The molecular formula is C14H28ClN3O3S. The summed E-state index contributed by atoms with van der Waals surface area (Å²) in [6, 6.07) is -0.215. The second-order valence-corrected chi connectivity index (χ2v) is 8.12. The normalized spacial score (nSPS) is 27.3. The number of nitrogens with zero attached hydrogens (tertiary/aromatic N) is 2. The molecule has 2 rings (SSSR count). The summed E-state index contributed by atoms with van der Waals surface area (Å²) in [5.74, 6) is 0.122. The molecule has 2 unspecified atom stereocenters. The van der Waals surface area contributed by atoms with Crippen LogP contribution in [0.5, 0.6) is 0 Å². The van der Waals surface area contributed by atoms with Gasteiger partial charge in [-0.05, 0) is 26.2 Å². The van der Waals surface area contributed by atoms with Gasteiger partial charge in [-0.15, -0.1) is 12.4 Å². The van der Waals surface area contributed by atoms with E-state index in [-0.39, 0.29) is 30.1 Å². The van der Waals surface area contributed by atoms with Gasteiger partial charge in [-0.25, -0.2) is 8.42 Å². The van der Waals surface area contributed by atoms with Crippen molar-refractivity contribution in [3.63, 3.8) is 0 Å². The Hall–Kier alpha value is -0.370. The van der Waals surface area contributed by atoms with Gasteiger partial charge in [-0.3, -0.25) is 4.79 Å². The number of nitrogens with one attached hydrogen (secondary N) is 1. The van der Waals surface area contributed by atoms with E-state index in [1.807, 2.05) is 18.7 Å². The number of sulfonamides is 1. The molecule has 0 bridgehead atoms. The average molecular weight is 354 g/mol. The van der Waals surface area contributed by atoms with E-state index in [1.165, 1.54) is 4.31 Å². The molecular weight excluding hydrogens is 326 g/mol. The van der Waals surface area contributed by atoms with E-state index >= 15 is 0 Å². The van der Waals surface area contributed by atoms with Crippen LogP contribution < -0.4 is 5.32 Å². The maximum atomic E-state index is 12.8. The average Bonchev–Trinajstić information content (AvgIpc) is 2.46. The number of hydrogen-bond acceptors (Lipinski definition) is 4. The zero-order chi connectivity index (χ0) is 15.5. The number of halogens is 1. The first-order valence-electron chi connectivity index (χ1n) is 7.97. The van der Waals surface area contributed by atoms with Gasteiger partial charge in [0.15, 0.2) is 0 Å². The first-order valence-corrected chi connectivity index (χ1v) is 9.58. The lowest BCUT2D eigenvalue weighted by atomic mass is 10.0. The zero-order valence-corrected chi connectivity index (χ0v) is 15.1. The Labute approximate surface area is 140 Å². The first kappa shape index (κ1) is 19.7. The lowest BCUT2D eigenvalue weighted by molar-refractivity contribution is -0.137. The molecule has 0 aromatic heterocycles. The molecule has 2 atom stereocenters. The maximum absolute atomic E-state index is 12.8. The van der Waals surface area contributed by atoms with Crippen molar-refractivity contribution in [2.24, 2.45) is 0 Å². The van der Waals surface area contributed by atoms with E-state index in [9.17, 15) is 13.2 Å². The number of piperidine rings is 1. The van der Waals surface area contributed by atoms with Crippen molar-refractivity contribution < 1.29 is 13.2 Å². The van der Waals surface area contributed by atoms with E-state index in [0.717, 1.165) is 19.4 Å². The van der Waals surface area contributed by atoms with E-state index in [4.69, 9.17) is 0 Å². The molecule has 8 heteroatoms. The topological polar surface area (TPSA) is 69.7 Å². The molecule has 0 spiro atoms. The second kappa shape index (κ2) is 8.47. The fourth-order valence-corrected chi connectivity index (χ4v) is 4.94. The summed E-state index contributed by atoms with van der Waals surface area (Å²) in [5, 5.41) is 3.31. The predicted molar refractivity (Wildman–Crippen MR) is 89.7 cm³/mol. The van der Waals surface area contributed by atoms with Gasteiger partial charge < -0.3 is 10.2 Å². The van der Waals surface area contributed by atoms with Crippen LogP contribution in [-0.2, 0) is 14.8 Å². The largest absolute Gasteiger partial charge is 0.338 e. The quantitative estimate of drug-likeness (QED) is 0.812. The molecule has 0 aromatic carbocycles. The highest BCUT2D eigenvalue weighted by molar-refractivity contribution is 7.89. The third kappa shape index (κ3) is 4.57. The Bertz CT molecular complexity index is 472. The molecule has 0 saturated carbocycles. The molecule has 1 amide bonds. The molecule has 2 heterocycles. The molecule has 130 valence electrons. The van der Waals surface area contributed by atoms with Crippen molar-refractivity contribution >= 4 is 28.3 Å². The van der Waals surface area contributed by atoms with Crippen LogP contribution in [0.2, 0.25) is 0 Å². The van der Waals surface area contributed by atoms with Crippen molar-refractivity contribution in [3.8, 4) is 0 Å². The van der Waals surface area contributed by atoms with Crippen LogP contribution in [0.15, 0.2) is 0 Å². The summed E-state index contributed by atoms with van der Waals surface area (Å²) in [5.41, 5.74) is 0. The molecule has 6 nitrogen and oxygen atoms in total. The van der Waals surface area contributed by atoms with Gasteiger partial charge >= 0.3 is 0 Å². The summed E-state index contributed by atoms with van der Waals surface area (Å²) < 4.78 is 26.2. The fraction of sp³-hybridized carbons (Fsp3) is 0.929. The molecule has 2 saturated heterocycles. The van der Waals surface area contributed by atoms with E-state index < -0.39 is 16.1 Å². The number of carbonyl (C=O) groups is 1. The summed E-state index contributed by atoms with van der Waals surface area (Å²) in [7, 11) is -3.31. The van der Waals surface area contributed by atoms with E-state index in [0.29, 0.717) is 32.5 Å². The molecule has 22 heavy (non-hydrogen) atoms. The number of rotatable bonds is 4. The van der Waals surface area contributed by atoms with Gasteiger partial charge in [-0.1, -0.05) is 13.3 Å². The smallest absolute Gasteiger partial charge is 0.241 e. The molecule has 2 aliphatic rings. The van der Waals surface area contributed by atoms with Crippen molar-refractivity contribution in [2.45, 2.75) is 51.6 Å². The minimum absolute atomic E-state index is 0. The summed E-state index contributed by atoms with van der Waals surface area (Å²) in [6.45, 7) is 6.50. The highest BCUT2D eigenvalue weighted by Crippen LogP contribution is 2.23. The van der Waals surface area contributed by atoms with Gasteiger partial charge in [0, 0.05) is 32.2 Å². The summed E-state index contributed by atoms with van der Waals surface area (Å²) >= 11 is 0. The molecule has 1 N–H and O–H groups in total. The monoisotopic (exact) mass is 353 g/mol. The molecule has 2 fully saturated rings. The number of piperazine rings is 1. The Morgan fingerprint density at radius 2 is 2.00 bits per heavy atom. The Balaban J connectivity index is 0.00000242. The van der Waals surface area contributed by atoms with Gasteiger partial charge in [0.05, 0.1) is 5.75 Å². The second-order valence-electron chi connectivity index (χ2n) is 6.08. The van der Waals surface area contributed by atoms with Crippen molar-refractivity contribution in [1.82, 2.24) is 14.5 Å². The Morgan fingerprint density at radius 3 is 2.64 bits per heavy atom. The van der Waals surface area contributed by atoms with Crippen molar-refractivity contribution in [3.05, 3.63) is 0 Å². The summed E-state index contributed by atoms with van der Waals surface area (Å²) in [4.78, 5) is 14.6. The number of carbonyl (C=O) groups excluding carboxylic acids is 1. The van der Waals surface area contributed by atoms with Crippen LogP contribution in [0.1, 0.15) is 39.5 Å². The van der Waals surface area contributed by atoms with Crippen LogP contribution in [0.4, 0.5) is 0 Å². The van der Waals surface area contributed by atoms with E-state index in [2.05, 4.69) is 5.32 Å². The van der Waals surface area contributed by atoms with Gasteiger partial charge in [0.1, 0.15) is 6.04 Å². The van der Waals surface area contributed by atoms with Crippen LogP contribution in [0.3, 0.4) is 0 Å². The lowest BCUT2D eigenvalue weighted by Gasteiger charge is -2.39. The third-order valence-electron chi connectivity index (χ3n) is 4.24. The Morgan fingerprint density at radius 1 is 1.27 bits per heavy atom. The maximum Gasteiger partial charge on any atom is 0.241 e. The van der Waals surface area contributed by atoms with E-state index in [1.54, 1.807) is 0 Å². The predicted octanol–water partition coefficient (Wildman–Crippen LogP) is 0.823. The van der Waals surface area contributed by atoms with Gasteiger partial charge in [0.2, 0.25) is 15.9 Å². The van der Waals surface area contributed by atoms with Crippen LogP contribution in [0, 0.1) is 0 Å². The van der Waals surface area contributed by atoms with Gasteiger partial charge in [0.25, 0.3) is 0 Å². The van der Waals surface area contributed by atoms with Crippen LogP contribution >= 0.6 is 12.4 Å². The fourth-order valence-electron chi connectivity index (χ4n) is 3.20. The highest BCUT2D eigenvalue weighted by Gasteiger charge is 2.38. The zero-order valence-electron chi connectivity index (χ0n) is 13.5.